The second-order valence-electron chi connectivity index (χ2n) is 12.5. The van der Waals surface area contributed by atoms with Crippen molar-refractivity contribution in [1.82, 2.24) is 9.97 Å². The zero-order chi connectivity index (χ0) is 35.1. The molecule has 0 unspecified atom stereocenters. The van der Waals surface area contributed by atoms with E-state index in [1.54, 1.807) is 19.2 Å². The van der Waals surface area contributed by atoms with Crippen molar-refractivity contribution < 1.29 is 18.6 Å². The van der Waals surface area contributed by atoms with Crippen molar-refractivity contribution in [3.05, 3.63) is 136 Å². The van der Waals surface area contributed by atoms with Gasteiger partial charge in [-0.15, -0.1) is 0 Å². The van der Waals surface area contributed by atoms with Crippen LogP contribution >= 0.6 is 0 Å². The van der Waals surface area contributed by atoms with Crippen LogP contribution in [0.25, 0.3) is 44.8 Å². The number of nitriles is 2. The van der Waals surface area contributed by atoms with E-state index >= 15 is 0 Å². The number of hydrogen-bond acceptors (Lipinski definition) is 7. The number of hydrogen-bond donors (Lipinski definition) is 0. The predicted octanol–water partition coefficient (Wildman–Crippen LogP) is 8.86. The fourth-order valence-electron chi connectivity index (χ4n) is 7.36. The van der Waals surface area contributed by atoms with Crippen LogP contribution in [-0.2, 0) is 19.3 Å². The van der Waals surface area contributed by atoms with Crippen LogP contribution < -0.4 is 14.2 Å². The van der Waals surface area contributed by atoms with Crippen molar-refractivity contribution in [3.8, 4) is 74.4 Å². The Balaban J connectivity index is 1.12. The Morgan fingerprint density at radius 3 is 2.06 bits per heavy atom. The Hall–Kier alpha value is -6.51. The van der Waals surface area contributed by atoms with Gasteiger partial charge < -0.3 is 14.2 Å². The summed E-state index contributed by atoms with van der Waals surface area (Å²) >= 11 is 0. The van der Waals surface area contributed by atoms with Crippen LogP contribution in [0.1, 0.15) is 45.9 Å². The minimum absolute atomic E-state index is 0.272. The van der Waals surface area contributed by atoms with Gasteiger partial charge in [-0.3, -0.25) is 0 Å². The number of pyridine rings is 2. The molecule has 8 rings (SSSR count). The summed E-state index contributed by atoms with van der Waals surface area (Å²) in [4.78, 5) is 9.76. The van der Waals surface area contributed by atoms with Crippen LogP contribution in [0.3, 0.4) is 0 Å². The molecule has 0 saturated heterocycles. The predicted molar refractivity (Wildman–Crippen MR) is 192 cm³/mol. The van der Waals surface area contributed by atoms with Crippen LogP contribution in [0.5, 0.6) is 17.5 Å². The molecule has 0 atom stereocenters. The first-order valence-electron chi connectivity index (χ1n) is 16.8. The molecule has 8 heteroatoms. The van der Waals surface area contributed by atoms with Crippen molar-refractivity contribution in [1.29, 1.82) is 10.5 Å². The lowest BCUT2D eigenvalue weighted by atomic mass is 9.93. The molecule has 51 heavy (non-hydrogen) atoms. The van der Waals surface area contributed by atoms with E-state index in [0.29, 0.717) is 60.8 Å². The number of ether oxygens (including phenoxy) is 3. The van der Waals surface area contributed by atoms with Gasteiger partial charge in [0.2, 0.25) is 11.8 Å². The summed E-state index contributed by atoms with van der Waals surface area (Å²) in [6.07, 6.45) is 1.80. The van der Waals surface area contributed by atoms with Crippen LogP contribution in [0.2, 0.25) is 0 Å². The van der Waals surface area contributed by atoms with Gasteiger partial charge in [0.15, 0.2) is 0 Å². The quantitative estimate of drug-likeness (QED) is 0.151. The molecule has 2 aliphatic rings. The second-order valence-corrected chi connectivity index (χ2v) is 12.5. The Morgan fingerprint density at radius 1 is 0.706 bits per heavy atom. The molecule has 0 aliphatic heterocycles. The lowest BCUT2D eigenvalue weighted by molar-refractivity contribution is 0.309. The van der Waals surface area contributed by atoms with Crippen molar-refractivity contribution >= 4 is 0 Å². The topological polar surface area (TPSA) is 101 Å². The van der Waals surface area contributed by atoms with Gasteiger partial charge in [0, 0.05) is 47.1 Å². The molecule has 0 fully saturated rings. The molecule has 2 aromatic heterocycles. The molecular weight excluding hydrogens is 639 g/mol. The number of para-hydroxylation sites is 1. The number of methoxy groups -OCH3 is 1. The first-order valence-corrected chi connectivity index (χ1v) is 16.8. The number of halogens is 1. The van der Waals surface area contributed by atoms with E-state index in [1.165, 1.54) is 12.1 Å². The molecule has 2 aliphatic carbocycles. The fraction of sp³-hybridized carbons (Fsp3) is 0.163. The third-order valence-corrected chi connectivity index (χ3v) is 9.60. The van der Waals surface area contributed by atoms with E-state index in [0.717, 1.165) is 67.0 Å². The molecule has 0 radical (unpaired) electrons. The molecule has 7 nitrogen and oxygen atoms in total. The van der Waals surface area contributed by atoms with E-state index in [9.17, 15) is 14.9 Å². The van der Waals surface area contributed by atoms with Crippen LogP contribution in [0, 0.1) is 28.5 Å². The Labute approximate surface area is 295 Å². The first-order chi connectivity index (χ1) is 25.0. The molecule has 2 heterocycles. The van der Waals surface area contributed by atoms with Gasteiger partial charge in [-0.1, -0.05) is 72.8 Å². The lowest BCUT2D eigenvalue weighted by Gasteiger charge is -2.17. The monoisotopic (exact) mass is 670 g/mol. The third kappa shape index (κ3) is 5.42. The highest BCUT2D eigenvalue weighted by molar-refractivity contribution is 5.89. The summed E-state index contributed by atoms with van der Waals surface area (Å²) in [7, 11) is 1.63. The summed E-state index contributed by atoms with van der Waals surface area (Å²) in [6, 6.07) is 33.0. The van der Waals surface area contributed by atoms with Crippen LogP contribution in [0.4, 0.5) is 4.39 Å². The Bertz CT molecular complexity index is 2440. The SMILES string of the molecule is CCOc1nc2c(c(-c3ccc(F)cc3)c1C#N)Cc1cc(CCOc3nc4c(c(-c5ccccc5OC)c3C#N)Cc3ccccc3-4)ccc1-2. The molecule has 4 aromatic carbocycles. The molecule has 0 bridgehead atoms. The Morgan fingerprint density at radius 2 is 1.33 bits per heavy atom. The zero-order valence-electron chi connectivity index (χ0n) is 28.1. The summed E-state index contributed by atoms with van der Waals surface area (Å²) < 4.78 is 31.8. The normalized spacial score (nSPS) is 11.9. The molecule has 0 saturated carbocycles. The second kappa shape index (κ2) is 13.1. The van der Waals surface area contributed by atoms with Crippen molar-refractivity contribution in [2.24, 2.45) is 0 Å². The average molecular weight is 671 g/mol. The van der Waals surface area contributed by atoms with Crippen molar-refractivity contribution in [2.75, 3.05) is 20.3 Å². The standard InChI is InChI=1S/C43H31FN4O3/c1-3-50-42-35(23-45)38(26-13-15-29(44)16-14-26)33-22-28-20-25(12-17-31(28)41(33)47-42)18-19-51-43-36(24-46)39(32-10-6-7-11-37(32)49-2)34-21-27-8-4-5-9-30(27)40(34)48-43/h4-17,20H,3,18-19,21-22H2,1-2H3. The van der Waals surface area contributed by atoms with Crippen molar-refractivity contribution in [3.63, 3.8) is 0 Å². The molecular formula is C43H31FN4O3. The van der Waals surface area contributed by atoms with E-state index < -0.39 is 0 Å². The van der Waals surface area contributed by atoms with E-state index in [4.69, 9.17) is 24.2 Å². The van der Waals surface area contributed by atoms with Gasteiger partial charge in [-0.25, -0.2) is 14.4 Å². The average Bonchev–Trinajstić information content (AvgIpc) is 3.71. The molecule has 0 N–H and O–H groups in total. The summed E-state index contributed by atoms with van der Waals surface area (Å²) in [5.74, 6) is 0.897. The van der Waals surface area contributed by atoms with Gasteiger partial charge >= 0.3 is 0 Å². The maximum atomic E-state index is 13.9. The summed E-state index contributed by atoms with van der Waals surface area (Å²) in [5.41, 5.74) is 12.6. The van der Waals surface area contributed by atoms with Gasteiger partial charge in [0.05, 0.1) is 31.7 Å². The number of rotatable bonds is 9. The molecule has 6 aromatic rings. The molecule has 0 amide bonds. The minimum Gasteiger partial charge on any atom is -0.496 e. The van der Waals surface area contributed by atoms with E-state index in [-0.39, 0.29) is 11.7 Å². The summed E-state index contributed by atoms with van der Waals surface area (Å²) in [5, 5.41) is 20.7. The van der Waals surface area contributed by atoms with Crippen LogP contribution in [-0.4, -0.2) is 30.3 Å². The van der Waals surface area contributed by atoms with E-state index in [1.807, 2.05) is 55.5 Å². The zero-order valence-corrected chi connectivity index (χ0v) is 28.1. The highest BCUT2D eigenvalue weighted by Gasteiger charge is 2.31. The van der Waals surface area contributed by atoms with Crippen LogP contribution in [0.15, 0.2) is 91.0 Å². The maximum absolute atomic E-state index is 13.9. The first kappa shape index (κ1) is 31.7. The number of benzene rings is 4. The molecule has 0 spiro atoms. The number of aromatic nitrogens is 2. The lowest BCUT2D eigenvalue weighted by Crippen LogP contribution is -2.07. The minimum atomic E-state index is -0.346. The number of nitrogens with zero attached hydrogens (tertiary/aromatic N) is 4. The van der Waals surface area contributed by atoms with E-state index in [2.05, 4.69) is 30.3 Å². The fourth-order valence-corrected chi connectivity index (χ4v) is 7.36. The molecule has 248 valence electrons. The highest BCUT2D eigenvalue weighted by atomic mass is 19.1. The van der Waals surface area contributed by atoms with Gasteiger partial charge in [-0.05, 0) is 58.5 Å². The largest absolute Gasteiger partial charge is 0.496 e. The van der Waals surface area contributed by atoms with Gasteiger partial charge in [0.25, 0.3) is 0 Å². The van der Waals surface area contributed by atoms with Gasteiger partial charge in [0.1, 0.15) is 34.8 Å². The summed E-state index contributed by atoms with van der Waals surface area (Å²) in [6.45, 7) is 2.51. The van der Waals surface area contributed by atoms with Gasteiger partial charge in [-0.2, -0.15) is 10.5 Å². The highest BCUT2D eigenvalue weighted by Crippen LogP contribution is 2.47. The smallest absolute Gasteiger partial charge is 0.232 e. The Kier molecular flexibility index (Phi) is 8.14. The third-order valence-electron chi connectivity index (χ3n) is 9.60. The van der Waals surface area contributed by atoms with Crippen molar-refractivity contribution in [2.45, 2.75) is 26.2 Å². The maximum Gasteiger partial charge on any atom is 0.232 e. The number of fused-ring (bicyclic) bond motifs is 6.